The number of piperazine rings is 1. The molecule has 0 aromatic heterocycles. The molecule has 0 saturated carbocycles. The van der Waals surface area contributed by atoms with Gasteiger partial charge < -0.3 is 9.64 Å². The van der Waals surface area contributed by atoms with Crippen molar-refractivity contribution in [1.82, 2.24) is 9.21 Å². The molecule has 3 rings (SSSR count). The predicted molar refractivity (Wildman–Crippen MR) is 114 cm³/mol. The van der Waals surface area contributed by atoms with Crippen LogP contribution in [-0.2, 0) is 10.0 Å². The van der Waals surface area contributed by atoms with E-state index in [1.54, 1.807) is 29.2 Å². The van der Waals surface area contributed by atoms with Gasteiger partial charge in [-0.15, -0.1) is 0 Å². The van der Waals surface area contributed by atoms with Gasteiger partial charge in [0.05, 0.1) is 6.61 Å². The first-order chi connectivity index (χ1) is 14.0. The standard InChI is InChI=1S/C22H26N2O4S/c1-2-16-28-21-10-6-9-20(18-21)22(25)23-12-14-24(15-13-23)29(26,27)17-11-19-7-4-3-5-8-19/h3-11,17-18H,2,12-16H2,1H3/b17-11+. The van der Waals surface area contributed by atoms with Gasteiger partial charge in [0.15, 0.2) is 0 Å². The third kappa shape index (κ3) is 5.68. The first-order valence-corrected chi connectivity index (χ1v) is 11.3. The molecule has 29 heavy (non-hydrogen) atoms. The first kappa shape index (κ1) is 21.1. The third-order valence-electron chi connectivity index (χ3n) is 4.67. The van der Waals surface area contributed by atoms with Crippen LogP contribution in [0.5, 0.6) is 5.75 Å². The molecule has 2 aromatic carbocycles. The smallest absolute Gasteiger partial charge is 0.254 e. The zero-order valence-corrected chi connectivity index (χ0v) is 17.3. The summed E-state index contributed by atoms with van der Waals surface area (Å²) in [6.07, 6.45) is 2.49. The van der Waals surface area contributed by atoms with Gasteiger partial charge in [0.2, 0.25) is 10.0 Å². The molecule has 7 heteroatoms. The number of ether oxygens (including phenoxy) is 1. The molecule has 0 radical (unpaired) electrons. The van der Waals surface area contributed by atoms with E-state index in [0.29, 0.717) is 31.0 Å². The summed E-state index contributed by atoms with van der Waals surface area (Å²) in [6, 6.07) is 16.4. The van der Waals surface area contributed by atoms with E-state index in [4.69, 9.17) is 4.74 Å². The van der Waals surface area contributed by atoms with Gasteiger partial charge in [-0.3, -0.25) is 4.79 Å². The van der Waals surface area contributed by atoms with E-state index in [0.717, 1.165) is 12.0 Å². The van der Waals surface area contributed by atoms with Gasteiger partial charge in [0, 0.05) is 37.2 Å². The number of sulfonamides is 1. The molecule has 2 aromatic rings. The van der Waals surface area contributed by atoms with Crippen LogP contribution >= 0.6 is 0 Å². The summed E-state index contributed by atoms with van der Waals surface area (Å²) < 4.78 is 32.1. The van der Waals surface area contributed by atoms with Gasteiger partial charge in [-0.25, -0.2) is 8.42 Å². The van der Waals surface area contributed by atoms with Crippen molar-refractivity contribution in [1.29, 1.82) is 0 Å². The van der Waals surface area contributed by atoms with E-state index in [2.05, 4.69) is 0 Å². The lowest BCUT2D eigenvalue weighted by molar-refractivity contribution is 0.0698. The number of hydrogen-bond acceptors (Lipinski definition) is 4. The number of nitrogens with zero attached hydrogens (tertiary/aromatic N) is 2. The molecule has 0 N–H and O–H groups in total. The van der Waals surface area contributed by atoms with Gasteiger partial charge in [-0.1, -0.05) is 43.3 Å². The lowest BCUT2D eigenvalue weighted by atomic mass is 10.1. The molecule has 0 spiro atoms. The lowest BCUT2D eigenvalue weighted by Gasteiger charge is -2.33. The Morgan fingerprint density at radius 3 is 2.45 bits per heavy atom. The average molecular weight is 415 g/mol. The van der Waals surface area contributed by atoms with Crippen molar-refractivity contribution in [3.8, 4) is 5.75 Å². The van der Waals surface area contributed by atoms with Gasteiger partial charge in [-0.05, 0) is 36.3 Å². The van der Waals surface area contributed by atoms with Crippen LogP contribution in [0.4, 0.5) is 0 Å². The summed E-state index contributed by atoms with van der Waals surface area (Å²) >= 11 is 0. The highest BCUT2D eigenvalue weighted by molar-refractivity contribution is 7.92. The fourth-order valence-corrected chi connectivity index (χ4v) is 4.26. The summed E-state index contributed by atoms with van der Waals surface area (Å²) in [5.41, 5.74) is 1.38. The Hall–Kier alpha value is -2.64. The molecule has 1 fully saturated rings. The Morgan fingerprint density at radius 2 is 1.76 bits per heavy atom. The topological polar surface area (TPSA) is 66.9 Å². The third-order valence-corrected chi connectivity index (χ3v) is 6.24. The molecular weight excluding hydrogens is 388 g/mol. The molecule has 1 amide bonds. The van der Waals surface area contributed by atoms with Crippen LogP contribution in [0.3, 0.4) is 0 Å². The zero-order chi connectivity index (χ0) is 20.7. The minimum Gasteiger partial charge on any atom is -0.494 e. The number of benzene rings is 2. The van der Waals surface area contributed by atoms with Crippen molar-refractivity contribution >= 4 is 22.0 Å². The van der Waals surface area contributed by atoms with Crippen LogP contribution in [0.15, 0.2) is 60.0 Å². The number of amides is 1. The second-order valence-corrected chi connectivity index (χ2v) is 8.64. The molecule has 0 aliphatic carbocycles. The largest absolute Gasteiger partial charge is 0.494 e. The van der Waals surface area contributed by atoms with Crippen molar-refractivity contribution in [2.75, 3.05) is 32.8 Å². The second-order valence-electron chi connectivity index (χ2n) is 6.83. The van der Waals surface area contributed by atoms with E-state index in [-0.39, 0.29) is 19.0 Å². The Bertz CT molecular complexity index is 950. The quantitative estimate of drug-likeness (QED) is 0.698. The monoisotopic (exact) mass is 414 g/mol. The van der Waals surface area contributed by atoms with Crippen molar-refractivity contribution in [2.24, 2.45) is 0 Å². The normalized spacial score (nSPS) is 15.6. The number of carbonyl (C=O) groups is 1. The van der Waals surface area contributed by atoms with E-state index < -0.39 is 10.0 Å². The molecular formula is C22H26N2O4S. The predicted octanol–water partition coefficient (Wildman–Crippen LogP) is 3.23. The van der Waals surface area contributed by atoms with E-state index in [9.17, 15) is 13.2 Å². The maximum atomic E-state index is 12.8. The van der Waals surface area contributed by atoms with Crippen molar-refractivity contribution < 1.29 is 17.9 Å². The SMILES string of the molecule is CCCOc1cccc(C(=O)N2CCN(S(=O)(=O)/C=C/c3ccccc3)CC2)c1. The number of carbonyl (C=O) groups excluding carboxylic acids is 1. The summed E-state index contributed by atoms with van der Waals surface area (Å²) in [5.74, 6) is 0.564. The van der Waals surface area contributed by atoms with Gasteiger partial charge in [0.25, 0.3) is 5.91 Å². The molecule has 0 atom stereocenters. The Balaban J connectivity index is 1.60. The molecule has 1 aliphatic rings. The van der Waals surface area contributed by atoms with Crippen LogP contribution in [-0.4, -0.2) is 56.3 Å². The van der Waals surface area contributed by atoms with E-state index >= 15 is 0 Å². The van der Waals surface area contributed by atoms with Gasteiger partial charge in [0.1, 0.15) is 5.75 Å². The van der Waals surface area contributed by atoms with E-state index in [1.165, 1.54) is 9.71 Å². The van der Waals surface area contributed by atoms with Gasteiger partial charge in [-0.2, -0.15) is 4.31 Å². The van der Waals surface area contributed by atoms with Crippen LogP contribution in [0.1, 0.15) is 29.3 Å². The summed E-state index contributed by atoms with van der Waals surface area (Å²) in [4.78, 5) is 14.5. The maximum absolute atomic E-state index is 12.8. The highest BCUT2D eigenvalue weighted by Crippen LogP contribution is 2.17. The minimum atomic E-state index is -3.52. The first-order valence-electron chi connectivity index (χ1n) is 9.75. The van der Waals surface area contributed by atoms with E-state index in [1.807, 2.05) is 43.3 Å². The molecule has 0 bridgehead atoms. The zero-order valence-electron chi connectivity index (χ0n) is 16.5. The summed E-state index contributed by atoms with van der Waals surface area (Å²) in [7, 11) is -3.52. The number of hydrogen-bond donors (Lipinski definition) is 0. The van der Waals surface area contributed by atoms with Crippen molar-refractivity contribution in [3.63, 3.8) is 0 Å². The summed E-state index contributed by atoms with van der Waals surface area (Å²) in [6.45, 7) is 3.90. The fourth-order valence-electron chi connectivity index (χ4n) is 3.08. The van der Waals surface area contributed by atoms with Crippen LogP contribution in [0.2, 0.25) is 0 Å². The Labute approximate surface area is 172 Å². The minimum absolute atomic E-state index is 0.108. The molecule has 1 saturated heterocycles. The van der Waals surface area contributed by atoms with Crippen LogP contribution < -0.4 is 4.74 Å². The van der Waals surface area contributed by atoms with Crippen LogP contribution in [0.25, 0.3) is 6.08 Å². The van der Waals surface area contributed by atoms with Gasteiger partial charge >= 0.3 is 0 Å². The maximum Gasteiger partial charge on any atom is 0.254 e. The van der Waals surface area contributed by atoms with Crippen molar-refractivity contribution in [3.05, 3.63) is 71.1 Å². The Kier molecular flexibility index (Phi) is 7.06. The highest BCUT2D eigenvalue weighted by Gasteiger charge is 2.27. The molecule has 1 heterocycles. The lowest BCUT2D eigenvalue weighted by Crippen LogP contribution is -2.50. The molecule has 1 aliphatic heterocycles. The number of rotatable bonds is 7. The summed E-state index contributed by atoms with van der Waals surface area (Å²) in [5, 5.41) is 1.23. The average Bonchev–Trinajstić information content (AvgIpc) is 2.77. The molecule has 0 unspecified atom stereocenters. The second kappa shape index (κ2) is 9.71. The van der Waals surface area contributed by atoms with Crippen LogP contribution in [0, 0.1) is 0 Å². The van der Waals surface area contributed by atoms with Crippen molar-refractivity contribution in [2.45, 2.75) is 13.3 Å². The Morgan fingerprint density at radius 1 is 1.03 bits per heavy atom. The molecule has 154 valence electrons. The highest BCUT2D eigenvalue weighted by atomic mass is 32.2. The fraction of sp³-hybridized carbons (Fsp3) is 0.318. The molecule has 6 nitrogen and oxygen atoms in total.